The summed E-state index contributed by atoms with van der Waals surface area (Å²) in [6.45, 7) is 2.00. The highest BCUT2D eigenvalue weighted by molar-refractivity contribution is 6.36. The van der Waals surface area contributed by atoms with Crippen molar-refractivity contribution < 1.29 is 9.90 Å². The van der Waals surface area contributed by atoms with E-state index < -0.39 is 0 Å². The van der Waals surface area contributed by atoms with Crippen LogP contribution < -0.4 is 10.6 Å². The van der Waals surface area contributed by atoms with Crippen LogP contribution in [0.5, 0.6) is 0 Å². The van der Waals surface area contributed by atoms with Gasteiger partial charge in [0.05, 0.1) is 6.61 Å². The molecule has 0 saturated heterocycles. The molecule has 0 unspecified atom stereocenters. The Balaban J connectivity index is 2.54. The predicted octanol–water partition coefficient (Wildman–Crippen LogP) is 2.22. The number of halogens is 2. The second-order valence-electron chi connectivity index (χ2n) is 3.93. The lowest BCUT2D eigenvalue weighted by Crippen LogP contribution is -2.42. The maximum atomic E-state index is 11.4. The maximum Gasteiger partial charge on any atom is 0.315 e. The van der Waals surface area contributed by atoms with Crippen LogP contribution in [0.4, 0.5) is 4.79 Å². The van der Waals surface area contributed by atoms with Crippen molar-refractivity contribution >= 4 is 29.2 Å². The SMILES string of the molecule is C[C@H](Cc1c(Cl)cccc1Cl)NC(=O)NCCO. The third-order valence-electron chi connectivity index (χ3n) is 2.35. The third kappa shape index (κ3) is 4.72. The molecule has 0 heterocycles. The van der Waals surface area contributed by atoms with E-state index in [2.05, 4.69) is 10.6 Å². The first-order valence-electron chi connectivity index (χ1n) is 5.62. The topological polar surface area (TPSA) is 61.4 Å². The van der Waals surface area contributed by atoms with Crippen LogP contribution in [-0.4, -0.2) is 30.3 Å². The van der Waals surface area contributed by atoms with Gasteiger partial charge in [0.15, 0.2) is 0 Å². The number of amides is 2. The maximum absolute atomic E-state index is 11.4. The smallest absolute Gasteiger partial charge is 0.315 e. The lowest BCUT2D eigenvalue weighted by Gasteiger charge is -2.16. The summed E-state index contributed by atoms with van der Waals surface area (Å²) in [6, 6.07) is 4.88. The summed E-state index contributed by atoms with van der Waals surface area (Å²) in [6.07, 6.45) is 0.547. The molecule has 1 aromatic carbocycles. The van der Waals surface area contributed by atoms with Crippen molar-refractivity contribution in [2.24, 2.45) is 0 Å². The zero-order chi connectivity index (χ0) is 13.5. The Hall–Kier alpha value is -0.970. The highest BCUT2D eigenvalue weighted by atomic mass is 35.5. The predicted molar refractivity (Wildman–Crippen MR) is 73.2 cm³/mol. The van der Waals surface area contributed by atoms with Crippen LogP contribution in [0, 0.1) is 0 Å². The van der Waals surface area contributed by atoms with Gasteiger partial charge in [0, 0.05) is 22.6 Å². The number of hydrogen-bond donors (Lipinski definition) is 3. The average molecular weight is 291 g/mol. The van der Waals surface area contributed by atoms with Gasteiger partial charge in [0.2, 0.25) is 0 Å². The molecule has 0 saturated carbocycles. The van der Waals surface area contributed by atoms with Crippen molar-refractivity contribution in [2.45, 2.75) is 19.4 Å². The van der Waals surface area contributed by atoms with E-state index >= 15 is 0 Å². The summed E-state index contributed by atoms with van der Waals surface area (Å²) in [5, 5.41) is 15.0. The molecule has 0 aromatic heterocycles. The van der Waals surface area contributed by atoms with E-state index in [-0.39, 0.29) is 25.2 Å². The Morgan fingerprint density at radius 2 is 2.00 bits per heavy atom. The van der Waals surface area contributed by atoms with Gasteiger partial charge in [0.1, 0.15) is 0 Å². The number of hydrogen-bond acceptors (Lipinski definition) is 2. The van der Waals surface area contributed by atoms with Crippen molar-refractivity contribution in [2.75, 3.05) is 13.2 Å². The number of urea groups is 1. The molecule has 100 valence electrons. The fourth-order valence-electron chi connectivity index (χ4n) is 1.53. The molecule has 1 aromatic rings. The van der Waals surface area contributed by atoms with Crippen LogP contribution in [-0.2, 0) is 6.42 Å². The molecule has 0 aliphatic rings. The molecule has 6 heteroatoms. The highest BCUT2D eigenvalue weighted by Gasteiger charge is 2.12. The first-order chi connectivity index (χ1) is 8.54. The van der Waals surface area contributed by atoms with E-state index in [0.717, 1.165) is 5.56 Å². The molecule has 0 bridgehead atoms. The number of carbonyl (C=O) groups excluding carboxylic acids is 1. The van der Waals surface area contributed by atoms with Crippen LogP contribution in [0.2, 0.25) is 10.0 Å². The van der Waals surface area contributed by atoms with Gasteiger partial charge in [-0.05, 0) is 31.0 Å². The Kier molecular flexibility index (Phi) is 6.25. The minimum atomic E-state index is -0.320. The van der Waals surface area contributed by atoms with Crippen LogP contribution >= 0.6 is 23.2 Å². The third-order valence-corrected chi connectivity index (χ3v) is 3.06. The van der Waals surface area contributed by atoms with Gasteiger partial charge in [-0.1, -0.05) is 29.3 Å². The molecule has 0 fully saturated rings. The Bertz CT molecular complexity index is 393. The summed E-state index contributed by atoms with van der Waals surface area (Å²) in [5.41, 5.74) is 0.816. The van der Waals surface area contributed by atoms with Crippen LogP contribution in [0.1, 0.15) is 12.5 Å². The molecule has 0 spiro atoms. The number of benzene rings is 1. The number of aliphatic hydroxyl groups is 1. The molecular formula is C12H16Cl2N2O2. The molecule has 0 aliphatic heterocycles. The second-order valence-corrected chi connectivity index (χ2v) is 4.74. The lowest BCUT2D eigenvalue weighted by atomic mass is 10.1. The van der Waals surface area contributed by atoms with Crippen molar-refractivity contribution in [1.29, 1.82) is 0 Å². The van der Waals surface area contributed by atoms with E-state index in [9.17, 15) is 4.79 Å². The van der Waals surface area contributed by atoms with Crippen LogP contribution in [0.25, 0.3) is 0 Å². The zero-order valence-corrected chi connectivity index (χ0v) is 11.6. The molecule has 1 rings (SSSR count). The van der Waals surface area contributed by atoms with Gasteiger partial charge in [0.25, 0.3) is 0 Å². The zero-order valence-electron chi connectivity index (χ0n) is 10.0. The van der Waals surface area contributed by atoms with Crippen molar-refractivity contribution in [3.8, 4) is 0 Å². The fourth-order valence-corrected chi connectivity index (χ4v) is 2.08. The number of rotatable bonds is 5. The van der Waals surface area contributed by atoms with Crippen molar-refractivity contribution in [3.63, 3.8) is 0 Å². The molecular weight excluding hydrogens is 275 g/mol. The summed E-state index contributed by atoms with van der Waals surface area (Å²) in [5.74, 6) is 0. The lowest BCUT2D eigenvalue weighted by molar-refractivity contribution is 0.231. The summed E-state index contributed by atoms with van der Waals surface area (Å²) in [7, 11) is 0. The molecule has 3 N–H and O–H groups in total. The fraction of sp³-hybridized carbons (Fsp3) is 0.417. The van der Waals surface area contributed by atoms with E-state index in [1.165, 1.54) is 0 Å². The van der Waals surface area contributed by atoms with E-state index in [0.29, 0.717) is 16.5 Å². The first kappa shape index (κ1) is 15.1. The number of aliphatic hydroxyl groups excluding tert-OH is 1. The molecule has 1 atom stereocenters. The number of nitrogens with one attached hydrogen (secondary N) is 2. The van der Waals surface area contributed by atoms with Gasteiger partial charge in [-0.2, -0.15) is 0 Å². The van der Waals surface area contributed by atoms with Crippen molar-refractivity contribution in [3.05, 3.63) is 33.8 Å². The van der Waals surface area contributed by atoms with Crippen LogP contribution in [0.3, 0.4) is 0 Å². The van der Waals surface area contributed by atoms with Gasteiger partial charge >= 0.3 is 6.03 Å². The highest BCUT2D eigenvalue weighted by Crippen LogP contribution is 2.25. The number of carbonyl (C=O) groups is 1. The monoisotopic (exact) mass is 290 g/mol. The summed E-state index contributed by atoms with van der Waals surface area (Å²) >= 11 is 12.1. The van der Waals surface area contributed by atoms with E-state index in [4.69, 9.17) is 28.3 Å². The van der Waals surface area contributed by atoms with Gasteiger partial charge in [-0.15, -0.1) is 0 Å². The largest absolute Gasteiger partial charge is 0.395 e. The summed E-state index contributed by atoms with van der Waals surface area (Å²) < 4.78 is 0. The Morgan fingerprint density at radius 1 is 1.39 bits per heavy atom. The standard InChI is InChI=1S/C12H16Cl2N2O2/c1-8(16-12(18)15-5-6-17)7-9-10(13)3-2-4-11(9)14/h2-4,8,17H,5-7H2,1H3,(H2,15,16,18)/t8-/m1/s1. The minimum absolute atomic E-state index is 0.0852. The first-order valence-corrected chi connectivity index (χ1v) is 6.38. The Morgan fingerprint density at radius 3 is 2.56 bits per heavy atom. The van der Waals surface area contributed by atoms with E-state index in [1.54, 1.807) is 18.2 Å². The molecule has 0 radical (unpaired) electrons. The molecule has 4 nitrogen and oxygen atoms in total. The molecule has 18 heavy (non-hydrogen) atoms. The van der Waals surface area contributed by atoms with E-state index in [1.807, 2.05) is 6.92 Å². The van der Waals surface area contributed by atoms with Gasteiger partial charge in [-0.3, -0.25) is 0 Å². The van der Waals surface area contributed by atoms with Crippen LogP contribution in [0.15, 0.2) is 18.2 Å². The average Bonchev–Trinajstić information content (AvgIpc) is 2.31. The molecule has 0 aliphatic carbocycles. The quantitative estimate of drug-likeness (QED) is 0.779. The van der Waals surface area contributed by atoms with Gasteiger partial charge in [-0.25, -0.2) is 4.79 Å². The normalized spacial score (nSPS) is 12.0. The molecule has 2 amide bonds. The summed E-state index contributed by atoms with van der Waals surface area (Å²) in [4.78, 5) is 11.4. The Labute approximate surface area is 116 Å². The van der Waals surface area contributed by atoms with Crippen molar-refractivity contribution in [1.82, 2.24) is 10.6 Å². The van der Waals surface area contributed by atoms with Gasteiger partial charge < -0.3 is 15.7 Å². The minimum Gasteiger partial charge on any atom is -0.395 e. The second kappa shape index (κ2) is 7.46.